The van der Waals surface area contributed by atoms with Crippen molar-refractivity contribution in [3.05, 3.63) is 40.5 Å². The van der Waals surface area contributed by atoms with Crippen molar-refractivity contribution in [3.63, 3.8) is 0 Å². The first-order valence-corrected chi connectivity index (χ1v) is 7.59. The monoisotopic (exact) mass is 278 g/mol. The summed E-state index contributed by atoms with van der Waals surface area (Å²) in [6.45, 7) is 2.23. The number of aryl methyl sites for hydroxylation is 1. The maximum absolute atomic E-state index is 11.3. The molecule has 0 aliphatic carbocycles. The van der Waals surface area contributed by atoms with E-state index in [0.717, 1.165) is 19.3 Å². The standard InChI is InChI=1S/C17H26O3/c1-3-4-5-6-7-8-9-10-11-12-15-13-16(19-2)14-17(18)20-15/h8-9,13-14H,3-7,10-12H2,1-2H3/b9-8-. The van der Waals surface area contributed by atoms with Crippen molar-refractivity contribution in [2.75, 3.05) is 7.11 Å². The molecule has 0 saturated heterocycles. The molecule has 0 spiro atoms. The summed E-state index contributed by atoms with van der Waals surface area (Å²) in [4.78, 5) is 11.3. The van der Waals surface area contributed by atoms with E-state index in [9.17, 15) is 4.79 Å². The average molecular weight is 278 g/mol. The Bertz CT molecular complexity index is 446. The minimum atomic E-state index is -0.342. The molecule has 0 aromatic carbocycles. The van der Waals surface area contributed by atoms with E-state index < -0.39 is 0 Å². The van der Waals surface area contributed by atoms with Crippen molar-refractivity contribution in [1.29, 1.82) is 0 Å². The van der Waals surface area contributed by atoms with Gasteiger partial charge in [0.15, 0.2) is 0 Å². The van der Waals surface area contributed by atoms with Crippen LogP contribution in [0.25, 0.3) is 0 Å². The molecule has 20 heavy (non-hydrogen) atoms. The molecular weight excluding hydrogens is 252 g/mol. The van der Waals surface area contributed by atoms with Crippen molar-refractivity contribution >= 4 is 0 Å². The van der Waals surface area contributed by atoms with Gasteiger partial charge in [0.1, 0.15) is 11.5 Å². The third-order valence-electron chi connectivity index (χ3n) is 3.22. The fraction of sp³-hybridized carbons (Fsp3) is 0.588. The quantitative estimate of drug-likeness (QED) is 0.467. The molecule has 3 nitrogen and oxygen atoms in total. The molecule has 0 atom stereocenters. The van der Waals surface area contributed by atoms with E-state index in [-0.39, 0.29) is 5.63 Å². The van der Waals surface area contributed by atoms with E-state index in [1.807, 2.05) is 0 Å². The third kappa shape index (κ3) is 7.17. The SMILES string of the molecule is CCCCCC/C=C\CCCc1cc(OC)cc(=O)o1. The Labute approximate surface area is 121 Å². The second-order valence-corrected chi connectivity index (χ2v) is 5.00. The molecule has 1 aromatic rings. The zero-order valence-electron chi connectivity index (χ0n) is 12.7. The van der Waals surface area contributed by atoms with Crippen molar-refractivity contribution in [1.82, 2.24) is 0 Å². The van der Waals surface area contributed by atoms with Crippen LogP contribution in [0.4, 0.5) is 0 Å². The fourth-order valence-corrected chi connectivity index (χ4v) is 2.06. The summed E-state index contributed by atoms with van der Waals surface area (Å²) in [6, 6.07) is 3.15. The number of rotatable bonds is 10. The molecule has 1 heterocycles. The van der Waals surface area contributed by atoms with E-state index in [1.165, 1.54) is 38.2 Å². The molecule has 112 valence electrons. The summed E-state index contributed by atoms with van der Waals surface area (Å²) in [5.41, 5.74) is -0.342. The van der Waals surface area contributed by atoms with Gasteiger partial charge in [0.25, 0.3) is 0 Å². The lowest BCUT2D eigenvalue weighted by Gasteiger charge is -2.01. The Morgan fingerprint density at radius 1 is 1.10 bits per heavy atom. The number of allylic oxidation sites excluding steroid dienone is 2. The molecule has 0 bridgehead atoms. The molecule has 0 saturated carbocycles. The number of methoxy groups -OCH3 is 1. The number of ether oxygens (including phenoxy) is 1. The Morgan fingerprint density at radius 3 is 2.55 bits per heavy atom. The van der Waals surface area contributed by atoms with Gasteiger partial charge in [-0.1, -0.05) is 38.3 Å². The molecule has 3 heteroatoms. The van der Waals surface area contributed by atoms with Crippen LogP contribution in [0.15, 0.2) is 33.5 Å². The van der Waals surface area contributed by atoms with Crippen LogP contribution in [0.5, 0.6) is 5.75 Å². The number of unbranched alkanes of at least 4 members (excludes halogenated alkanes) is 5. The minimum Gasteiger partial charge on any atom is -0.496 e. The maximum atomic E-state index is 11.3. The molecular formula is C17H26O3. The lowest BCUT2D eigenvalue weighted by atomic mass is 10.1. The summed E-state index contributed by atoms with van der Waals surface area (Å²) in [6.07, 6.45) is 13.7. The van der Waals surface area contributed by atoms with Crippen LogP contribution >= 0.6 is 0 Å². The summed E-state index contributed by atoms with van der Waals surface area (Å²) in [5, 5.41) is 0. The third-order valence-corrected chi connectivity index (χ3v) is 3.22. The Hall–Kier alpha value is -1.51. The van der Waals surface area contributed by atoms with Gasteiger partial charge in [-0.3, -0.25) is 0 Å². The van der Waals surface area contributed by atoms with E-state index >= 15 is 0 Å². The van der Waals surface area contributed by atoms with E-state index in [1.54, 1.807) is 13.2 Å². The molecule has 0 aliphatic rings. The van der Waals surface area contributed by atoms with Crippen LogP contribution in [0.3, 0.4) is 0 Å². The van der Waals surface area contributed by atoms with Crippen LogP contribution in [0.1, 0.15) is 57.6 Å². The van der Waals surface area contributed by atoms with Crippen LogP contribution < -0.4 is 10.4 Å². The van der Waals surface area contributed by atoms with Crippen LogP contribution in [0.2, 0.25) is 0 Å². The zero-order valence-corrected chi connectivity index (χ0v) is 12.7. The summed E-state index contributed by atoms with van der Waals surface area (Å²) in [5.74, 6) is 1.27. The highest BCUT2D eigenvalue weighted by molar-refractivity contribution is 5.20. The van der Waals surface area contributed by atoms with Crippen LogP contribution in [-0.2, 0) is 6.42 Å². The highest BCUT2D eigenvalue weighted by Gasteiger charge is 2.01. The largest absolute Gasteiger partial charge is 0.496 e. The summed E-state index contributed by atoms with van der Waals surface area (Å²) >= 11 is 0. The van der Waals surface area contributed by atoms with Gasteiger partial charge in [-0.25, -0.2) is 4.79 Å². The topological polar surface area (TPSA) is 39.4 Å². The van der Waals surface area contributed by atoms with Crippen molar-refractivity contribution < 1.29 is 9.15 Å². The zero-order chi connectivity index (χ0) is 14.6. The van der Waals surface area contributed by atoms with Gasteiger partial charge < -0.3 is 9.15 Å². The normalized spacial score (nSPS) is 11.1. The molecule has 0 radical (unpaired) electrons. The molecule has 0 amide bonds. The predicted octanol–water partition coefficient (Wildman–Crippen LogP) is 4.50. The second-order valence-electron chi connectivity index (χ2n) is 5.00. The summed E-state index contributed by atoms with van der Waals surface area (Å²) < 4.78 is 10.2. The smallest absolute Gasteiger partial charge is 0.339 e. The first kappa shape index (κ1) is 16.5. The van der Waals surface area contributed by atoms with Gasteiger partial charge in [-0.15, -0.1) is 0 Å². The Kier molecular flexibility index (Phi) is 8.52. The van der Waals surface area contributed by atoms with Crippen molar-refractivity contribution in [3.8, 4) is 5.75 Å². The fourth-order valence-electron chi connectivity index (χ4n) is 2.06. The molecule has 0 aliphatic heterocycles. The van der Waals surface area contributed by atoms with Gasteiger partial charge in [0.2, 0.25) is 0 Å². The van der Waals surface area contributed by atoms with E-state index in [4.69, 9.17) is 9.15 Å². The molecule has 0 fully saturated rings. The second kappa shape index (κ2) is 10.3. The first-order valence-electron chi connectivity index (χ1n) is 7.59. The van der Waals surface area contributed by atoms with Gasteiger partial charge in [0.05, 0.1) is 13.2 Å². The predicted molar refractivity (Wildman–Crippen MR) is 82.4 cm³/mol. The minimum absolute atomic E-state index is 0.342. The van der Waals surface area contributed by atoms with Gasteiger partial charge >= 0.3 is 5.63 Å². The summed E-state index contributed by atoms with van der Waals surface area (Å²) in [7, 11) is 1.56. The van der Waals surface area contributed by atoms with Gasteiger partial charge in [-0.05, 0) is 25.7 Å². The van der Waals surface area contributed by atoms with Gasteiger partial charge in [-0.2, -0.15) is 0 Å². The first-order chi connectivity index (χ1) is 9.76. The van der Waals surface area contributed by atoms with E-state index in [2.05, 4.69) is 19.1 Å². The lowest BCUT2D eigenvalue weighted by Crippen LogP contribution is -2.01. The Balaban J connectivity index is 2.19. The molecule has 0 unspecified atom stereocenters. The highest BCUT2D eigenvalue weighted by atomic mass is 16.5. The molecule has 1 rings (SSSR count). The van der Waals surface area contributed by atoms with Crippen molar-refractivity contribution in [2.24, 2.45) is 0 Å². The van der Waals surface area contributed by atoms with Crippen LogP contribution in [-0.4, -0.2) is 7.11 Å². The van der Waals surface area contributed by atoms with Crippen LogP contribution in [0, 0.1) is 0 Å². The highest BCUT2D eigenvalue weighted by Crippen LogP contribution is 2.12. The van der Waals surface area contributed by atoms with Crippen molar-refractivity contribution in [2.45, 2.75) is 58.3 Å². The van der Waals surface area contributed by atoms with E-state index in [0.29, 0.717) is 11.5 Å². The molecule has 0 N–H and O–H groups in total. The molecule has 1 aromatic heterocycles. The van der Waals surface area contributed by atoms with Gasteiger partial charge in [0, 0.05) is 12.5 Å². The average Bonchev–Trinajstić information content (AvgIpc) is 2.45. The maximum Gasteiger partial charge on any atom is 0.339 e. The lowest BCUT2D eigenvalue weighted by molar-refractivity contribution is 0.391. The number of hydrogen-bond acceptors (Lipinski definition) is 3. The Morgan fingerprint density at radius 2 is 1.85 bits per heavy atom. The number of hydrogen-bond donors (Lipinski definition) is 0.